The first-order valence-electron chi connectivity index (χ1n) is 17.6. The van der Waals surface area contributed by atoms with Crippen molar-refractivity contribution in [1.29, 1.82) is 0 Å². The maximum absolute atomic E-state index is 9.51. The molecule has 0 heterocycles. The highest BCUT2D eigenvalue weighted by Gasteiger charge is 2.51. The van der Waals surface area contributed by atoms with E-state index in [-0.39, 0.29) is 11.1 Å². The van der Waals surface area contributed by atoms with E-state index >= 15 is 0 Å². The summed E-state index contributed by atoms with van der Waals surface area (Å²) in [6, 6.07) is 22.2. The maximum atomic E-state index is 9.51. The standard InChI is InChI=1S/C28H42OSi.C12H24O/c1-27(2,3)21-20-23-14-13-15-24(22-23)29-30(28(4,5)6,25-16-9-7-10-17-25)26-18-11-8-12-19-26;1-12(2,3)8-7-10-5-4-6-11(13)9-10/h7-12,16-19,23-24H,13-15,20-22H2,1-6H3;10-11,13H,4-9H2,1-3H3. The van der Waals surface area contributed by atoms with E-state index in [2.05, 4.69) is 123 Å². The van der Waals surface area contributed by atoms with Crippen LogP contribution in [0.4, 0.5) is 0 Å². The predicted octanol–water partition coefficient (Wildman–Crippen LogP) is 10.3. The van der Waals surface area contributed by atoms with Crippen molar-refractivity contribution < 1.29 is 9.53 Å². The molecule has 3 heteroatoms. The van der Waals surface area contributed by atoms with E-state index in [4.69, 9.17) is 4.43 Å². The second-order valence-electron chi connectivity index (χ2n) is 17.3. The molecular weight excluding hydrogens is 541 g/mol. The predicted molar refractivity (Wildman–Crippen MR) is 190 cm³/mol. The van der Waals surface area contributed by atoms with Crippen LogP contribution in [-0.4, -0.2) is 25.6 Å². The van der Waals surface area contributed by atoms with Crippen molar-refractivity contribution in [2.45, 2.75) is 157 Å². The molecule has 2 nitrogen and oxygen atoms in total. The Labute approximate surface area is 267 Å². The van der Waals surface area contributed by atoms with E-state index < -0.39 is 8.32 Å². The van der Waals surface area contributed by atoms with E-state index in [0.29, 0.717) is 16.9 Å². The molecule has 0 spiro atoms. The van der Waals surface area contributed by atoms with E-state index in [1.807, 2.05) is 0 Å². The monoisotopic (exact) mass is 606 g/mol. The van der Waals surface area contributed by atoms with Crippen LogP contribution in [0.5, 0.6) is 0 Å². The molecular formula is C40H66O2Si. The van der Waals surface area contributed by atoms with Gasteiger partial charge in [0.15, 0.2) is 0 Å². The van der Waals surface area contributed by atoms with Gasteiger partial charge in [-0.2, -0.15) is 0 Å². The van der Waals surface area contributed by atoms with Gasteiger partial charge in [0.05, 0.1) is 6.10 Å². The molecule has 0 aliphatic heterocycles. The van der Waals surface area contributed by atoms with Crippen molar-refractivity contribution in [2.75, 3.05) is 0 Å². The molecule has 43 heavy (non-hydrogen) atoms. The van der Waals surface area contributed by atoms with Crippen LogP contribution < -0.4 is 10.4 Å². The van der Waals surface area contributed by atoms with Crippen molar-refractivity contribution in [3.8, 4) is 0 Å². The van der Waals surface area contributed by atoms with Crippen LogP contribution in [0, 0.1) is 22.7 Å². The molecule has 0 bridgehead atoms. The molecule has 4 rings (SSSR count). The van der Waals surface area contributed by atoms with Crippen LogP contribution in [0.1, 0.15) is 139 Å². The van der Waals surface area contributed by atoms with Gasteiger partial charge in [-0.25, -0.2) is 0 Å². The van der Waals surface area contributed by atoms with Crippen LogP contribution in [0.25, 0.3) is 0 Å². The van der Waals surface area contributed by atoms with Gasteiger partial charge in [0.25, 0.3) is 8.32 Å². The van der Waals surface area contributed by atoms with E-state index in [1.54, 1.807) is 0 Å². The van der Waals surface area contributed by atoms with Crippen molar-refractivity contribution in [3.63, 3.8) is 0 Å². The van der Waals surface area contributed by atoms with Crippen molar-refractivity contribution in [3.05, 3.63) is 60.7 Å². The Morgan fingerprint density at radius 2 is 1.07 bits per heavy atom. The Bertz CT molecular complexity index is 1000. The molecule has 1 N–H and O–H groups in total. The lowest BCUT2D eigenvalue weighted by Crippen LogP contribution is -2.67. The Hall–Kier alpha value is -1.42. The minimum Gasteiger partial charge on any atom is -0.404 e. The van der Waals surface area contributed by atoms with Crippen LogP contribution in [-0.2, 0) is 4.43 Å². The van der Waals surface area contributed by atoms with Gasteiger partial charge in [0.1, 0.15) is 0 Å². The average molecular weight is 607 g/mol. The highest BCUT2D eigenvalue weighted by Crippen LogP contribution is 2.41. The zero-order valence-electron chi connectivity index (χ0n) is 29.4. The quantitative estimate of drug-likeness (QED) is 0.303. The maximum Gasteiger partial charge on any atom is 0.261 e. The Morgan fingerprint density at radius 3 is 1.49 bits per heavy atom. The number of benzene rings is 2. The summed E-state index contributed by atoms with van der Waals surface area (Å²) in [6.07, 6.45) is 15.4. The average Bonchev–Trinajstić information content (AvgIpc) is 2.94. The zero-order valence-corrected chi connectivity index (χ0v) is 30.4. The third-order valence-corrected chi connectivity index (χ3v) is 14.9. The number of hydrogen-bond acceptors (Lipinski definition) is 2. The smallest absolute Gasteiger partial charge is 0.261 e. The largest absolute Gasteiger partial charge is 0.404 e. The van der Waals surface area contributed by atoms with Gasteiger partial charge in [-0.05, 0) is 89.4 Å². The fraction of sp³-hybridized carbons (Fsp3) is 0.700. The highest BCUT2D eigenvalue weighted by atomic mass is 28.4. The minimum absolute atomic E-state index is 0.00119. The number of rotatable bonds is 8. The second kappa shape index (κ2) is 15.7. The first-order chi connectivity index (χ1) is 20.1. The number of aliphatic hydroxyl groups is 1. The number of hydrogen-bond donors (Lipinski definition) is 1. The molecule has 2 fully saturated rings. The minimum atomic E-state index is -2.43. The fourth-order valence-corrected chi connectivity index (χ4v) is 12.1. The molecule has 2 aliphatic carbocycles. The Balaban J connectivity index is 0.000000326. The summed E-state index contributed by atoms with van der Waals surface area (Å²) in [7, 11) is -2.43. The third kappa shape index (κ3) is 11.5. The summed E-state index contributed by atoms with van der Waals surface area (Å²) < 4.78 is 7.42. The van der Waals surface area contributed by atoms with Crippen molar-refractivity contribution in [2.24, 2.45) is 22.7 Å². The third-order valence-electron chi connectivity index (χ3n) is 9.86. The first kappa shape index (κ1) is 36.0. The molecule has 2 aliphatic rings. The SMILES string of the molecule is CC(C)(C)CCC1CCCC(O)C1.CC(C)(C)CCC1CCCC(O[Si](c2ccccc2)(c2ccccc2)C(C)(C)C)C1. The molecule has 0 saturated heterocycles. The summed E-state index contributed by atoms with van der Waals surface area (Å²) in [5, 5.41) is 12.4. The van der Waals surface area contributed by atoms with E-state index in [1.165, 1.54) is 74.6 Å². The molecule has 2 saturated carbocycles. The lowest BCUT2D eigenvalue weighted by molar-refractivity contribution is 0.0938. The zero-order chi connectivity index (χ0) is 31.7. The fourth-order valence-electron chi connectivity index (χ4n) is 7.35. The van der Waals surface area contributed by atoms with E-state index in [9.17, 15) is 5.11 Å². The molecule has 0 radical (unpaired) electrons. The van der Waals surface area contributed by atoms with E-state index in [0.717, 1.165) is 24.7 Å². The molecule has 0 amide bonds. The molecule has 4 atom stereocenters. The Morgan fingerprint density at radius 1 is 0.628 bits per heavy atom. The van der Waals surface area contributed by atoms with Crippen molar-refractivity contribution in [1.82, 2.24) is 0 Å². The first-order valence-corrected chi connectivity index (χ1v) is 19.5. The summed E-state index contributed by atoms with van der Waals surface area (Å²) in [5.74, 6) is 1.60. The van der Waals surface area contributed by atoms with Crippen LogP contribution in [0.15, 0.2) is 60.7 Å². The Kier molecular flexibility index (Phi) is 13.2. The van der Waals surface area contributed by atoms with Gasteiger partial charge < -0.3 is 9.53 Å². The summed E-state index contributed by atoms with van der Waals surface area (Å²) >= 11 is 0. The van der Waals surface area contributed by atoms with Gasteiger partial charge in [-0.1, -0.05) is 149 Å². The molecule has 2 aromatic rings. The summed E-state index contributed by atoms with van der Waals surface area (Å²) in [5.41, 5.74) is 0.883. The molecule has 242 valence electrons. The molecule has 0 aromatic heterocycles. The van der Waals surface area contributed by atoms with Crippen LogP contribution in [0.2, 0.25) is 5.04 Å². The van der Waals surface area contributed by atoms with Crippen LogP contribution >= 0.6 is 0 Å². The van der Waals surface area contributed by atoms with Gasteiger partial charge >= 0.3 is 0 Å². The summed E-state index contributed by atoms with van der Waals surface area (Å²) in [4.78, 5) is 0. The van der Waals surface area contributed by atoms with Crippen LogP contribution in [0.3, 0.4) is 0 Å². The van der Waals surface area contributed by atoms with Gasteiger partial charge in [0, 0.05) is 6.10 Å². The summed E-state index contributed by atoms with van der Waals surface area (Å²) in [6.45, 7) is 21.2. The van der Waals surface area contributed by atoms with Gasteiger partial charge in [0.2, 0.25) is 0 Å². The lowest BCUT2D eigenvalue weighted by Gasteiger charge is -2.46. The van der Waals surface area contributed by atoms with Gasteiger partial charge in [-0.15, -0.1) is 0 Å². The van der Waals surface area contributed by atoms with Gasteiger partial charge in [-0.3, -0.25) is 0 Å². The van der Waals surface area contributed by atoms with Crippen molar-refractivity contribution >= 4 is 18.7 Å². The highest BCUT2D eigenvalue weighted by molar-refractivity contribution is 6.99. The normalized spacial score (nSPS) is 23.8. The lowest BCUT2D eigenvalue weighted by atomic mass is 9.80. The molecule has 4 unspecified atom stereocenters. The molecule has 2 aromatic carbocycles. The topological polar surface area (TPSA) is 29.5 Å². The number of aliphatic hydroxyl groups excluding tert-OH is 1. The second-order valence-corrected chi connectivity index (χ2v) is 21.6.